The van der Waals surface area contributed by atoms with Crippen LogP contribution in [-0.4, -0.2) is 23.5 Å². The molecule has 18 heavy (non-hydrogen) atoms. The van der Waals surface area contributed by atoms with E-state index < -0.39 is 11.4 Å². The van der Waals surface area contributed by atoms with Crippen molar-refractivity contribution in [2.45, 2.75) is 59.3 Å². The number of nitrogens with one attached hydrogen (secondary N) is 1. The molecule has 0 bridgehead atoms. The van der Waals surface area contributed by atoms with Crippen LogP contribution in [-0.2, 0) is 9.59 Å². The first-order valence-corrected chi connectivity index (χ1v) is 6.77. The van der Waals surface area contributed by atoms with Crippen molar-refractivity contribution in [1.29, 1.82) is 0 Å². The van der Waals surface area contributed by atoms with Crippen LogP contribution in [0.4, 0.5) is 0 Å². The highest BCUT2D eigenvalue weighted by Crippen LogP contribution is 2.43. The average Bonchev–Trinajstić information content (AvgIpc) is 2.13. The number of carbonyl (C=O) groups excluding carboxylic acids is 1. The molecule has 1 rings (SSSR count). The van der Waals surface area contributed by atoms with E-state index in [1.165, 1.54) is 19.3 Å². The zero-order valence-electron chi connectivity index (χ0n) is 11.7. The summed E-state index contributed by atoms with van der Waals surface area (Å²) in [4.78, 5) is 22.5. The van der Waals surface area contributed by atoms with Gasteiger partial charge in [-0.1, -0.05) is 27.2 Å². The number of aliphatic carboxylic acids is 1. The minimum absolute atomic E-state index is 0.0269. The number of amides is 1. The van der Waals surface area contributed by atoms with E-state index in [4.69, 9.17) is 5.11 Å². The lowest BCUT2D eigenvalue weighted by molar-refractivity contribution is -0.139. The topological polar surface area (TPSA) is 66.4 Å². The van der Waals surface area contributed by atoms with Crippen molar-refractivity contribution < 1.29 is 14.7 Å². The van der Waals surface area contributed by atoms with E-state index in [0.29, 0.717) is 5.41 Å². The highest BCUT2D eigenvalue weighted by atomic mass is 16.4. The standard InChI is InChI=1S/C14H25NO3/c1-4-14(6-5-7-14)10-15-11(16)8-13(2,3)9-12(17)18/h4-10H2,1-3H3,(H,15,16)(H,17,18). The molecule has 0 aromatic carbocycles. The maximum Gasteiger partial charge on any atom is 0.303 e. The molecule has 4 nitrogen and oxygen atoms in total. The Morgan fingerprint density at radius 3 is 2.28 bits per heavy atom. The van der Waals surface area contributed by atoms with Crippen LogP contribution < -0.4 is 5.32 Å². The van der Waals surface area contributed by atoms with Crippen molar-refractivity contribution in [3.05, 3.63) is 0 Å². The molecular weight excluding hydrogens is 230 g/mol. The molecule has 0 aromatic rings. The summed E-state index contributed by atoms with van der Waals surface area (Å²) in [7, 11) is 0. The summed E-state index contributed by atoms with van der Waals surface area (Å²) in [5, 5.41) is 11.7. The van der Waals surface area contributed by atoms with Gasteiger partial charge in [-0.2, -0.15) is 0 Å². The number of carbonyl (C=O) groups is 2. The lowest BCUT2D eigenvalue weighted by atomic mass is 9.67. The van der Waals surface area contributed by atoms with Crippen LogP contribution in [0.3, 0.4) is 0 Å². The van der Waals surface area contributed by atoms with Crippen LogP contribution in [0, 0.1) is 10.8 Å². The first-order valence-electron chi connectivity index (χ1n) is 6.77. The SMILES string of the molecule is CCC1(CNC(=O)CC(C)(C)CC(=O)O)CCC1. The number of rotatable bonds is 7. The summed E-state index contributed by atoms with van der Waals surface area (Å²) in [5.41, 5.74) is -0.165. The quantitative estimate of drug-likeness (QED) is 0.734. The second-order valence-corrected chi connectivity index (χ2v) is 6.40. The third-order valence-corrected chi connectivity index (χ3v) is 4.09. The summed E-state index contributed by atoms with van der Waals surface area (Å²) in [6.07, 6.45) is 5.06. The average molecular weight is 255 g/mol. The summed E-state index contributed by atoms with van der Waals surface area (Å²) in [6, 6.07) is 0. The largest absolute Gasteiger partial charge is 0.481 e. The van der Waals surface area contributed by atoms with Gasteiger partial charge in [0.25, 0.3) is 0 Å². The molecule has 1 aliphatic carbocycles. The molecule has 0 spiro atoms. The molecule has 1 aliphatic rings. The van der Waals surface area contributed by atoms with E-state index in [1.54, 1.807) is 0 Å². The van der Waals surface area contributed by atoms with Crippen molar-refractivity contribution in [3.8, 4) is 0 Å². The molecule has 1 saturated carbocycles. The van der Waals surface area contributed by atoms with E-state index >= 15 is 0 Å². The van der Waals surface area contributed by atoms with Gasteiger partial charge < -0.3 is 10.4 Å². The van der Waals surface area contributed by atoms with Crippen molar-refractivity contribution in [3.63, 3.8) is 0 Å². The normalized spacial score (nSPS) is 17.9. The Bertz CT molecular complexity index is 313. The van der Waals surface area contributed by atoms with Crippen LogP contribution in [0.15, 0.2) is 0 Å². The monoisotopic (exact) mass is 255 g/mol. The van der Waals surface area contributed by atoms with Gasteiger partial charge in [0.05, 0.1) is 6.42 Å². The van der Waals surface area contributed by atoms with Crippen LogP contribution in [0.1, 0.15) is 59.3 Å². The Morgan fingerprint density at radius 1 is 1.28 bits per heavy atom. The van der Waals surface area contributed by atoms with Gasteiger partial charge in [0.1, 0.15) is 0 Å². The Kier molecular flexibility index (Phi) is 4.77. The second-order valence-electron chi connectivity index (χ2n) is 6.40. The maximum absolute atomic E-state index is 11.8. The van der Waals surface area contributed by atoms with Gasteiger partial charge in [0, 0.05) is 13.0 Å². The zero-order valence-corrected chi connectivity index (χ0v) is 11.7. The minimum Gasteiger partial charge on any atom is -0.481 e. The van der Waals surface area contributed by atoms with E-state index in [2.05, 4.69) is 12.2 Å². The predicted molar refractivity (Wildman–Crippen MR) is 70.2 cm³/mol. The maximum atomic E-state index is 11.8. The Morgan fingerprint density at radius 2 is 1.89 bits per heavy atom. The summed E-state index contributed by atoms with van der Waals surface area (Å²) >= 11 is 0. The van der Waals surface area contributed by atoms with Gasteiger partial charge >= 0.3 is 5.97 Å². The molecule has 0 saturated heterocycles. The first kappa shape index (κ1) is 15.0. The van der Waals surface area contributed by atoms with Crippen LogP contribution in [0.5, 0.6) is 0 Å². The van der Waals surface area contributed by atoms with Crippen molar-refractivity contribution >= 4 is 11.9 Å². The van der Waals surface area contributed by atoms with Crippen LogP contribution >= 0.6 is 0 Å². The van der Waals surface area contributed by atoms with E-state index in [9.17, 15) is 9.59 Å². The number of hydrogen-bond acceptors (Lipinski definition) is 2. The number of carboxylic acid groups (broad SMARTS) is 1. The molecule has 0 unspecified atom stereocenters. The highest BCUT2D eigenvalue weighted by Gasteiger charge is 2.35. The molecular formula is C14H25NO3. The molecule has 1 amide bonds. The summed E-state index contributed by atoms with van der Waals surface area (Å²) in [6.45, 7) is 6.55. The summed E-state index contributed by atoms with van der Waals surface area (Å²) < 4.78 is 0. The fourth-order valence-electron chi connectivity index (χ4n) is 2.59. The number of hydrogen-bond donors (Lipinski definition) is 2. The third kappa shape index (κ3) is 4.31. The zero-order chi connectivity index (χ0) is 13.8. The fraction of sp³-hybridized carbons (Fsp3) is 0.857. The Hall–Kier alpha value is -1.06. The molecule has 0 aliphatic heterocycles. The molecule has 0 atom stereocenters. The van der Waals surface area contributed by atoms with Crippen molar-refractivity contribution in [2.75, 3.05) is 6.54 Å². The second kappa shape index (κ2) is 5.72. The Labute approximate surface area is 109 Å². The third-order valence-electron chi connectivity index (χ3n) is 4.09. The molecule has 1 fully saturated rings. The molecule has 0 aromatic heterocycles. The molecule has 4 heteroatoms. The van der Waals surface area contributed by atoms with E-state index in [-0.39, 0.29) is 18.7 Å². The van der Waals surface area contributed by atoms with E-state index in [0.717, 1.165) is 13.0 Å². The smallest absolute Gasteiger partial charge is 0.303 e. The molecule has 0 radical (unpaired) electrons. The van der Waals surface area contributed by atoms with Gasteiger partial charge in [-0.05, 0) is 30.1 Å². The Balaban J connectivity index is 2.35. The number of carboxylic acids is 1. The van der Waals surface area contributed by atoms with Gasteiger partial charge in [-0.15, -0.1) is 0 Å². The fourth-order valence-corrected chi connectivity index (χ4v) is 2.59. The lowest BCUT2D eigenvalue weighted by Crippen LogP contribution is -2.42. The van der Waals surface area contributed by atoms with Crippen LogP contribution in [0.2, 0.25) is 0 Å². The van der Waals surface area contributed by atoms with E-state index in [1.807, 2.05) is 13.8 Å². The van der Waals surface area contributed by atoms with Gasteiger partial charge in [-0.3, -0.25) is 9.59 Å². The molecule has 0 heterocycles. The van der Waals surface area contributed by atoms with Gasteiger partial charge in [0.2, 0.25) is 5.91 Å². The predicted octanol–water partition coefficient (Wildman–Crippen LogP) is 2.57. The lowest BCUT2D eigenvalue weighted by Gasteiger charge is -2.41. The van der Waals surface area contributed by atoms with Gasteiger partial charge in [-0.25, -0.2) is 0 Å². The van der Waals surface area contributed by atoms with Crippen molar-refractivity contribution in [2.24, 2.45) is 10.8 Å². The molecule has 2 N–H and O–H groups in total. The van der Waals surface area contributed by atoms with Gasteiger partial charge in [0.15, 0.2) is 0 Å². The highest BCUT2D eigenvalue weighted by molar-refractivity contribution is 5.77. The molecule has 104 valence electrons. The van der Waals surface area contributed by atoms with Crippen LogP contribution in [0.25, 0.3) is 0 Å². The van der Waals surface area contributed by atoms with Crippen molar-refractivity contribution in [1.82, 2.24) is 5.32 Å². The first-order chi connectivity index (χ1) is 8.29. The summed E-state index contributed by atoms with van der Waals surface area (Å²) in [5.74, 6) is -0.877. The minimum atomic E-state index is -0.850.